The molecule has 1 aromatic carbocycles. The number of hydrogen-bond acceptors (Lipinski definition) is 3. The minimum absolute atomic E-state index is 0.101. The molecule has 0 spiro atoms. The average Bonchev–Trinajstić information content (AvgIpc) is 2.84. The number of carbonyl (C=O) groups excluding carboxylic acids is 1. The smallest absolute Gasteiger partial charge is 0.220 e. The second-order valence-corrected chi connectivity index (χ2v) is 9.32. The normalized spacial score (nSPS) is 13.3. The number of carbonyl (C=O) groups is 1. The van der Waals surface area contributed by atoms with Crippen molar-refractivity contribution < 1.29 is 15.0 Å². The molecule has 4 heteroatoms. The number of amides is 1. The van der Waals surface area contributed by atoms with E-state index in [0.29, 0.717) is 6.42 Å². The van der Waals surface area contributed by atoms with E-state index in [1.54, 1.807) is 12.2 Å². The van der Waals surface area contributed by atoms with Gasteiger partial charge in [-0.2, -0.15) is 0 Å². The quantitative estimate of drug-likeness (QED) is 0.177. The zero-order valence-electron chi connectivity index (χ0n) is 21.0. The molecule has 0 aliphatic heterocycles. The van der Waals surface area contributed by atoms with Crippen LogP contribution in [0.5, 0.6) is 0 Å². The lowest BCUT2D eigenvalue weighted by atomic mass is 10.0. The molecule has 3 N–H and O–H groups in total. The van der Waals surface area contributed by atoms with E-state index >= 15 is 0 Å². The molecule has 0 saturated carbocycles. The summed E-state index contributed by atoms with van der Waals surface area (Å²) >= 11 is 0. The molecule has 0 heterocycles. The van der Waals surface area contributed by atoms with Crippen LogP contribution in [0.25, 0.3) is 6.08 Å². The molecular formula is C29H49NO3. The van der Waals surface area contributed by atoms with Gasteiger partial charge in [-0.1, -0.05) is 139 Å². The summed E-state index contributed by atoms with van der Waals surface area (Å²) in [5.41, 5.74) is 0.970. The zero-order valence-corrected chi connectivity index (χ0v) is 21.0. The van der Waals surface area contributed by atoms with Crippen molar-refractivity contribution in [2.75, 3.05) is 6.61 Å². The van der Waals surface area contributed by atoms with Crippen molar-refractivity contribution in [3.63, 3.8) is 0 Å². The molecule has 2 atom stereocenters. The Morgan fingerprint density at radius 3 is 1.79 bits per heavy atom. The van der Waals surface area contributed by atoms with Crippen LogP contribution in [0, 0.1) is 0 Å². The van der Waals surface area contributed by atoms with E-state index in [-0.39, 0.29) is 12.5 Å². The van der Waals surface area contributed by atoms with E-state index in [4.69, 9.17) is 0 Å². The fraction of sp³-hybridized carbons (Fsp3) is 0.690. The highest BCUT2D eigenvalue weighted by molar-refractivity contribution is 5.76. The monoisotopic (exact) mass is 459 g/mol. The van der Waals surface area contributed by atoms with Crippen molar-refractivity contribution in [3.8, 4) is 0 Å². The molecule has 0 aromatic heterocycles. The Morgan fingerprint density at radius 2 is 1.30 bits per heavy atom. The molecule has 0 saturated heterocycles. The summed E-state index contributed by atoms with van der Waals surface area (Å²) < 4.78 is 0. The van der Waals surface area contributed by atoms with Gasteiger partial charge in [0.25, 0.3) is 0 Å². The van der Waals surface area contributed by atoms with E-state index in [1.165, 1.54) is 83.5 Å². The highest BCUT2D eigenvalue weighted by atomic mass is 16.3. The molecular weight excluding hydrogens is 410 g/mol. The first kappa shape index (κ1) is 29.4. The first-order valence-electron chi connectivity index (χ1n) is 13.5. The van der Waals surface area contributed by atoms with Crippen molar-refractivity contribution in [2.45, 2.75) is 122 Å². The Morgan fingerprint density at radius 1 is 0.818 bits per heavy atom. The molecule has 0 aliphatic rings. The second kappa shape index (κ2) is 20.9. The standard InChI is InChI=1S/C29H49NO3/c1-2-3-4-5-6-7-8-9-10-11-12-13-14-15-19-22-29(33)30-27(25-31)28(32)24-23-26-20-17-16-18-21-26/h16-18,20-21,23-24,27-28,31-32H,2-15,19,22,25H2,1H3,(H,30,33)/b24-23+/t27-,28+/m0/s1. The van der Waals surface area contributed by atoms with Crippen molar-refractivity contribution in [1.82, 2.24) is 5.32 Å². The van der Waals surface area contributed by atoms with Crippen LogP contribution in [-0.2, 0) is 4.79 Å². The summed E-state index contributed by atoms with van der Waals surface area (Å²) in [4.78, 5) is 12.2. The van der Waals surface area contributed by atoms with Gasteiger partial charge in [-0.25, -0.2) is 0 Å². The van der Waals surface area contributed by atoms with Crippen LogP contribution >= 0.6 is 0 Å². The van der Waals surface area contributed by atoms with E-state index < -0.39 is 12.1 Å². The van der Waals surface area contributed by atoms with Gasteiger partial charge in [-0.05, 0) is 12.0 Å². The molecule has 0 aliphatic carbocycles. The topological polar surface area (TPSA) is 69.6 Å². The lowest BCUT2D eigenvalue weighted by Gasteiger charge is -2.20. The first-order valence-corrected chi connectivity index (χ1v) is 13.5. The van der Waals surface area contributed by atoms with E-state index in [1.807, 2.05) is 30.3 Å². The number of aliphatic hydroxyl groups is 2. The Kier molecular flexibility index (Phi) is 18.6. The van der Waals surface area contributed by atoms with Gasteiger partial charge in [-0.15, -0.1) is 0 Å². The maximum Gasteiger partial charge on any atom is 0.220 e. The van der Waals surface area contributed by atoms with E-state index in [2.05, 4.69) is 12.2 Å². The van der Waals surface area contributed by atoms with Crippen LogP contribution in [-0.4, -0.2) is 34.9 Å². The minimum atomic E-state index is -0.916. The fourth-order valence-corrected chi connectivity index (χ4v) is 4.08. The van der Waals surface area contributed by atoms with Crippen molar-refractivity contribution >= 4 is 12.0 Å². The zero-order chi connectivity index (χ0) is 24.0. The maximum absolute atomic E-state index is 12.2. The van der Waals surface area contributed by atoms with Crippen LogP contribution < -0.4 is 5.32 Å². The number of benzene rings is 1. The summed E-state index contributed by atoms with van der Waals surface area (Å²) in [6.07, 6.45) is 22.4. The Hall–Kier alpha value is -1.65. The van der Waals surface area contributed by atoms with Crippen LogP contribution in [0.2, 0.25) is 0 Å². The summed E-state index contributed by atoms with van der Waals surface area (Å²) in [7, 11) is 0. The van der Waals surface area contributed by atoms with Gasteiger partial charge in [0.15, 0.2) is 0 Å². The van der Waals surface area contributed by atoms with Gasteiger partial charge in [0.1, 0.15) is 0 Å². The van der Waals surface area contributed by atoms with E-state index in [9.17, 15) is 15.0 Å². The summed E-state index contributed by atoms with van der Waals surface area (Å²) in [5.74, 6) is -0.101. The van der Waals surface area contributed by atoms with Crippen LogP contribution in [0.3, 0.4) is 0 Å². The molecule has 0 unspecified atom stereocenters. The molecule has 33 heavy (non-hydrogen) atoms. The molecule has 4 nitrogen and oxygen atoms in total. The predicted octanol–water partition coefficient (Wildman–Crippen LogP) is 6.80. The highest BCUT2D eigenvalue weighted by Crippen LogP contribution is 2.14. The molecule has 1 aromatic rings. The molecule has 1 rings (SSSR count). The van der Waals surface area contributed by atoms with Crippen LogP contribution in [0.1, 0.15) is 115 Å². The van der Waals surface area contributed by atoms with Gasteiger partial charge in [0, 0.05) is 6.42 Å². The molecule has 0 bridgehead atoms. The fourth-order valence-electron chi connectivity index (χ4n) is 4.08. The lowest BCUT2D eigenvalue weighted by molar-refractivity contribution is -0.123. The van der Waals surface area contributed by atoms with Crippen LogP contribution in [0.15, 0.2) is 36.4 Å². The average molecular weight is 460 g/mol. The van der Waals surface area contributed by atoms with Crippen molar-refractivity contribution in [2.24, 2.45) is 0 Å². The van der Waals surface area contributed by atoms with Gasteiger partial charge in [-0.3, -0.25) is 4.79 Å². The Bertz CT molecular complexity index is 602. The lowest BCUT2D eigenvalue weighted by Crippen LogP contribution is -2.45. The van der Waals surface area contributed by atoms with E-state index in [0.717, 1.165) is 18.4 Å². The number of aliphatic hydroxyl groups excluding tert-OH is 2. The predicted molar refractivity (Wildman–Crippen MR) is 140 cm³/mol. The molecule has 0 fully saturated rings. The van der Waals surface area contributed by atoms with Gasteiger partial charge >= 0.3 is 0 Å². The third-order valence-corrected chi connectivity index (χ3v) is 6.25. The summed E-state index contributed by atoms with van der Waals surface area (Å²) in [5, 5.41) is 22.6. The number of rotatable bonds is 21. The number of hydrogen-bond donors (Lipinski definition) is 3. The number of unbranched alkanes of at least 4 members (excludes halogenated alkanes) is 14. The van der Waals surface area contributed by atoms with Crippen molar-refractivity contribution in [1.29, 1.82) is 0 Å². The number of nitrogens with one attached hydrogen (secondary N) is 1. The van der Waals surface area contributed by atoms with Crippen molar-refractivity contribution in [3.05, 3.63) is 42.0 Å². The minimum Gasteiger partial charge on any atom is -0.394 e. The van der Waals surface area contributed by atoms with Gasteiger partial charge in [0.2, 0.25) is 5.91 Å². The SMILES string of the molecule is CCCCCCCCCCCCCCCCCC(=O)N[C@@H](CO)[C@H](O)/C=C/c1ccccc1. The maximum atomic E-state index is 12.2. The molecule has 1 amide bonds. The third kappa shape index (κ3) is 16.6. The first-order chi connectivity index (χ1) is 16.2. The van der Waals surface area contributed by atoms with Crippen LogP contribution in [0.4, 0.5) is 0 Å². The Balaban J connectivity index is 1.98. The summed E-state index contributed by atoms with van der Waals surface area (Å²) in [6.45, 7) is 1.98. The third-order valence-electron chi connectivity index (χ3n) is 6.25. The highest BCUT2D eigenvalue weighted by Gasteiger charge is 2.18. The molecule has 0 radical (unpaired) electrons. The van der Waals surface area contributed by atoms with Gasteiger partial charge in [0.05, 0.1) is 18.8 Å². The Labute approximate surface area is 202 Å². The second-order valence-electron chi connectivity index (χ2n) is 9.32. The largest absolute Gasteiger partial charge is 0.394 e. The summed E-state index contributed by atoms with van der Waals surface area (Å²) in [6, 6.07) is 8.98. The molecule has 188 valence electrons. The van der Waals surface area contributed by atoms with Gasteiger partial charge < -0.3 is 15.5 Å².